The van der Waals surface area contributed by atoms with Crippen LogP contribution in [0.15, 0.2) is 53.0 Å². The second-order valence-electron chi connectivity index (χ2n) is 7.26. The zero-order valence-electron chi connectivity index (χ0n) is 18.4. The fourth-order valence-corrected chi connectivity index (χ4v) is 3.86. The molecule has 1 unspecified atom stereocenters. The number of carbonyl (C=O) groups excluding carboxylic acids is 1. The van der Waals surface area contributed by atoms with Crippen molar-refractivity contribution in [1.82, 2.24) is 20.2 Å². The second kappa shape index (κ2) is 10.0. The summed E-state index contributed by atoms with van der Waals surface area (Å²) < 4.78 is 1.56. The molecule has 5 N–H and O–H groups in total. The highest BCUT2D eigenvalue weighted by Crippen LogP contribution is 2.31. The number of aromatic nitrogens is 2. The fourth-order valence-electron chi connectivity index (χ4n) is 3.86. The molecule has 7 nitrogen and oxygen atoms in total. The first-order valence-electron chi connectivity index (χ1n) is 10.9. The first-order valence-corrected chi connectivity index (χ1v) is 10.9. The van der Waals surface area contributed by atoms with Crippen LogP contribution in [-0.2, 0) is 0 Å². The van der Waals surface area contributed by atoms with Crippen LogP contribution >= 0.6 is 0 Å². The third-order valence-corrected chi connectivity index (χ3v) is 5.31. The largest absolute Gasteiger partial charge is 0.385 e. The fraction of sp³-hybridized carbons (Fsp3) is 0.333. The number of dihydropyridines is 1. The molecule has 2 aliphatic heterocycles. The lowest BCUT2D eigenvalue weighted by atomic mass is 9.86. The number of nitrogens with one attached hydrogen (secondary N) is 3. The van der Waals surface area contributed by atoms with Gasteiger partial charge < -0.3 is 16.4 Å². The van der Waals surface area contributed by atoms with Crippen LogP contribution < -0.4 is 22.1 Å². The molecule has 1 amide bonds. The van der Waals surface area contributed by atoms with Crippen molar-refractivity contribution in [2.24, 2.45) is 0 Å². The molecule has 0 radical (unpaired) electrons. The predicted molar refractivity (Wildman–Crippen MR) is 126 cm³/mol. The van der Waals surface area contributed by atoms with Crippen LogP contribution in [0.25, 0.3) is 11.8 Å². The van der Waals surface area contributed by atoms with E-state index in [1.54, 1.807) is 16.7 Å². The average molecular weight is 422 g/mol. The Morgan fingerprint density at radius 3 is 2.74 bits per heavy atom. The van der Waals surface area contributed by atoms with E-state index in [1.807, 2.05) is 45.1 Å². The van der Waals surface area contributed by atoms with Gasteiger partial charge in [0, 0.05) is 30.3 Å². The molecule has 2 aliphatic rings. The molecule has 0 aliphatic carbocycles. The summed E-state index contributed by atoms with van der Waals surface area (Å²) in [5.74, 6) is 0.366. The number of carbonyl (C=O) groups is 1. The molecular weight excluding hydrogens is 390 g/mol. The normalized spacial score (nSPS) is 17.3. The number of hydrogen-bond acceptors (Lipinski definition) is 4. The van der Waals surface area contributed by atoms with Gasteiger partial charge in [0.1, 0.15) is 5.82 Å². The molecule has 4 rings (SSSR count). The summed E-state index contributed by atoms with van der Waals surface area (Å²) in [5.41, 5.74) is 9.78. The summed E-state index contributed by atoms with van der Waals surface area (Å²) in [7, 11) is 0. The Bertz CT molecular complexity index is 1090. The van der Waals surface area contributed by atoms with E-state index in [4.69, 9.17) is 5.73 Å². The Kier molecular flexibility index (Phi) is 7.18. The van der Waals surface area contributed by atoms with Gasteiger partial charge in [-0.1, -0.05) is 39.0 Å². The molecule has 1 atom stereocenters. The van der Waals surface area contributed by atoms with Crippen LogP contribution in [-0.4, -0.2) is 28.5 Å². The number of nitrogen functional groups attached to an aromatic ring is 1. The summed E-state index contributed by atoms with van der Waals surface area (Å²) in [5, 5.41) is 6.35. The van der Waals surface area contributed by atoms with Gasteiger partial charge in [-0.15, -0.1) is 0 Å². The summed E-state index contributed by atoms with van der Waals surface area (Å²) in [6.45, 7) is 7.39. The number of hydrogen-bond donors (Lipinski definition) is 4. The molecule has 7 heteroatoms. The van der Waals surface area contributed by atoms with Crippen molar-refractivity contribution in [2.45, 2.75) is 39.5 Å². The van der Waals surface area contributed by atoms with E-state index >= 15 is 0 Å². The lowest BCUT2D eigenvalue weighted by Gasteiger charge is -2.28. The standard InChI is InChI=1S/C22H25N5O2.C2H6/c1-2-3-7-19-20(23)26-22(29)27(19)16-8-9-17-18(12-16)14(13-25-21(17)28)11-15-6-4-5-10-24-15;1-2/h3-9,12,14,24H,2,10-11,13,23H2,1H3,(H,25,28)(H,26,29);1-2H3/b7-3-;. The maximum atomic E-state index is 12.5. The Morgan fingerprint density at radius 2 is 2.03 bits per heavy atom. The van der Waals surface area contributed by atoms with Crippen molar-refractivity contribution >= 4 is 17.8 Å². The monoisotopic (exact) mass is 421 g/mol. The van der Waals surface area contributed by atoms with E-state index in [0.29, 0.717) is 29.3 Å². The van der Waals surface area contributed by atoms with Gasteiger partial charge in [0.15, 0.2) is 0 Å². The second-order valence-corrected chi connectivity index (χ2v) is 7.26. The summed E-state index contributed by atoms with van der Waals surface area (Å²) in [6, 6.07) is 5.52. The van der Waals surface area contributed by atoms with Gasteiger partial charge in [0.05, 0.1) is 11.4 Å². The van der Waals surface area contributed by atoms with Crippen molar-refractivity contribution in [1.29, 1.82) is 0 Å². The third-order valence-electron chi connectivity index (χ3n) is 5.31. The minimum atomic E-state index is -0.295. The molecule has 0 spiro atoms. The first-order chi connectivity index (χ1) is 15.1. The minimum Gasteiger partial charge on any atom is -0.385 e. The van der Waals surface area contributed by atoms with Crippen LogP contribution in [0.2, 0.25) is 0 Å². The third kappa shape index (κ3) is 4.66. The number of nitrogens with two attached hydrogens (primary N) is 1. The topological polar surface area (TPSA) is 105 Å². The van der Waals surface area contributed by atoms with Gasteiger partial charge in [-0.05, 0) is 48.8 Å². The van der Waals surface area contributed by atoms with E-state index < -0.39 is 0 Å². The van der Waals surface area contributed by atoms with Crippen molar-refractivity contribution in [3.8, 4) is 5.69 Å². The van der Waals surface area contributed by atoms with Crippen molar-refractivity contribution in [3.05, 3.63) is 75.5 Å². The van der Waals surface area contributed by atoms with Crippen molar-refractivity contribution < 1.29 is 4.79 Å². The lowest BCUT2D eigenvalue weighted by Crippen LogP contribution is -2.36. The van der Waals surface area contributed by atoms with Gasteiger partial charge in [-0.25, -0.2) is 4.79 Å². The number of fused-ring (bicyclic) bond motifs is 1. The number of allylic oxidation sites excluding steroid dienone is 4. The highest BCUT2D eigenvalue weighted by Gasteiger charge is 2.27. The van der Waals surface area contributed by atoms with Gasteiger partial charge in [0.2, 0.25) is 0 Å². The average Bonchev–Trinajstić information content (AvgIpc) is 3.08. The molecule has 0 saturated heterocycles. The summed E-state index contributed by atoms with van der Waals surface area (Å²) >= 11 is 0. The minimum absolute atomic E-state index is 0.0830. The van der Waals surface area contributed by atoms with Crippen molar-refractivity contribution in [3.63, 3.8) is 0 Å². The van der Waals surface area contributed by atoms with Gasteiger partial charge >= 0.3 is 5.69 Å². The van der Waals surface area contributed by atoms with E-state index in [0.717, 1.165) is 30.6 Å². The first kappa shape index (κ1) is 22.2. The summed E-state index contributed by atoms with van der Waals surface area (Å²) in [4.78, 5) is 27.6. The number of nitrogens with zero attached hydrogens (tertiary/aromatic N) is 1. The number of rotatable bonds is 5. The molecule has 1 aromatic carbocycles. The highest BCUT2D eigenvalue weighted by atomic mass is 16.2. The lowest BCUT2D eigenvalue weighted by molar-refractivity contribution is 0.0940. The summed E-state index contributed by atoms with van der Waals surface area (Å²) in [6.07, 6.45) is 11.6. The number of amides is 1. The van der Waals surface area contributed by atoms with E-state index in [9.17, 15) is 9.59 Å². The molecule has 1 aromatic heterocycles. The smallest absolute Gasteiger partial charge is 0.332 e. The predicted octanol–water partition coefficient (Wildman–Crippen LogP) is 3.46. The molecule has 0 fully saturated rings. The molecule has 164 valence electrons. The Morgan fingerprint density at radius 1 is 1.23 bits per heavy atom. The molecular formula is C24H31N5O2. The van der Waals surface area contributed by atoms with Gasteiger partial charge in [0.25, 0.3) is 5.91 Å². The maximum absolute atomic E-state index is 12.5. The Hall–Kier alpha value is -3.48. The molecule has 0 bridgehead atoms. The molecule has 2 aromatic rings. The van der Waals surface area contributed by atoms with Crippen LogP contribution in [0.3, 0.4) is 0 Å². The van der Waals surface area contributed by atoms with Crippen molar-refractivity contribution in [2.75, 3.05) is 18.8 Å². The van der Waals surface area contributed by atoms with Crippen LogP contribution in [0.5, 0.6) is 0 Å². The number of anilines is 1. The maximum Gasteiger partial charge on any atom is 0.332 e. The van der Waals surface area contributed by atoms with Gasteiger partial charge in [-0.2, -0.15) is 0 Å². The number of benzene rings is 1. The van der Waals surface area contributed by atoms with Crippen LogP contribution in [0, 0.1) is 0 Å². The van der Waals surface area contributed by atoms with E-state index in [2.05, 4.69) is 27.8 Å². The molecule has 0 saturated carbocycles. The number of imidazole rings is 1. The SMILES string of the molecule is CC.CC/C=C\c1c(N)[nH]c(=O)n1-c1ccc2c(c1)C(CC1=CC=CCN1)CNC2=O. The Balaban J connectivity index is 0.00000132. The van der Waals surface area contributed by atoms with E-state index in [-0.39, 0.29) is 17.5 Å². The quantitative estimate of drug-likeness (QED) is 0.593. The van der Waals surface area contributed by atoms with Gasteiger partial charge in [-0.3, -0.25) is 14.3 Å². The zero-order valence-corrected chi connectivity index (χ0v) is 18.4. The highest BCUT2D eigenvalue weighted by molar-refractivity contribution is 5.97. The number of H-pyrrole nitrogens is 1. The molecule has 3 heterocycles. The number of aromatic amines is 1. The zero-order chi connectivity index (χ0) is 22.4. The van der Waals surface area contributed by atoms with E-state index in [1.165, 1.54) is 0 Å². The van der Waals surface area contributed by atoms with Crippen LogP contribution in [0.4, 0.5) is 5.82 Å². The Labute approximate surface area is 182 Å². The molecule has 31 heavy (non-hydrogen) atoms. The van der Waals surface area contributed by atoms with Crippen LogP contribution in [0.1, 0.15) is 61.1 Å².